The Morgan fingerprint density at radius 2 is 2.04 bits per heavy atom. The molecule has 0 saturated heterocycles. The van der Waals surface area contributed by atoms with Crippen molar-refractivity contribution in [2.24, 2.45) is 10.4 Å². The first-order valence-corrected chi connectivity index (χ1v) is 9.72. The molecule has 0 aliphatic heterocycles. The second kappa shape index (κ2) is 12.4. The summed E-state index contributed by atoms with van der Waals surface area (Å²) in [6.45, 7) is 5.35. The van der Waals surface area contributed by atoms with Crippen LogP contribution in [-0.2, 0) is 11.3 Å². The number of nitrogens with zero attached hydrogens (tertiary/aromatic N) is 3. The zero-order valence-corrected chi connectivity index (χ0v) is 19.6. The number of hydrogen-bond donors (Lipinski definition) is 2. The number of guanidine groups is 1. The monoisotopic (exact) mass is 489 g/mol. The van der Waals surface area contributed by atoms with Gasteiger partial charge in [0.2, 0.25) is 0 Å². The molecule has 1 heterocycles. The topological polar surface area (TPSA) is 61.8 Å². The molecule has 0 aromatic carbocycles. The van der Waals surface area contributed by atoms with E-state index in [-0.39, 0.29) is 24.0 Å². The molecule has 0 atom stereocenters. The molecule has 1 saturated carbocycles. The summed E-state index contributed by atoms with van der Waals surface area (Å²) in [4.78, 5) is 11.3. The number of aromatic nitrogens is 1. The molecule has 0 unspecified atom stereocenters. The maximum absolute atomic E-state index is 5.34. The summed E-state index contributed by atoms with van der Waals surface area (Å²) in [5.74, 6) is 1.85. The number of rotatable bonds is 9. The molecule has 0 radical (unpaired) electrons. The Kier molecular flexibility index (Phi) is 11.0. The molecular formula is C20H36IN5O. The van der Waals surface area contributed by atoms with Gasteiger partial charge in [0.1, 0.15) is 5.82 Å². The molecule has 6 nitrogen and oxygen atoms in total. The van der Waals surface area contributed by atoms with Crippen LogP contribution in [0.1, 0.15) is 44.6 Å². The van der Waals surface area contributed by atoms with Crippen molar-refractivity contribution in [3.8, 4) is 0 Å². The van der Waals surface area contributed by atoms with E-state index in [1.165, 1.54) is 25.7 Å². The molecule has 1 aliphatic carbocycles. The largest absolute Gasteiger partial charge is 0.385 e. The summed E-state index contributed by atoms with van der Waals surface area (Å²) >= 11 is 0. The quantitative estimate of drug-likeness (QED) is 0.316. The number of halogens is 1. The van der Waals surface area contributed by atoms with Crippen molar-refractivity contribution in [1.29, 1.82) is 0 Å². The molecule has 1 aromatic heterocycles. The van der Waals surface area contributed by atoms with Gasteiger partial charge in [0, 0.05) is 52.7 Å². The maximum Gasteiger partial charge on any atom is 0.191 e. The van der Waals surface area contributed by atoms with Crippen LogP contribution < -0.4 is 15.5 Å². The molecule has 0 amide bonds. The van der Waals surface area contributed by atoms with Gasteiger partial charge >= 0.3 is 0 Å². The fourth-order valence-electron chi connectivity index (χ4n) is 3.69. The van der Waals surface area contributed by atoms with E-state index in [0.717, 1.165) is 43.5 Å². The Morgan fingerprint density at radius 1 is 1.30 bits per heavy atom. The van der Waals surface area contributed by atoms with Crippen molar-refractivity contribution < 1.29 is 4.74 Å². The standard InChI is InChI=1S/C20H35N5O.HI/c1-5-21-19(23-15-17-9-8-13-22-18(17)25(2)3)24-16-20(12-14-26-4)10-6-7-11-20;/h8-9,13H,5-7,10-12,14-16H2,1-4H3,(H2,21,23,24);1H. The average Bonchev–Trinajstić information content (AvgIpc) is 3.11. The second-order valence-electron chi connectivity index (χ2n) is 7.38. The third-order valence-corrected chi connectivity index (χ3v) is 5.17. The van der Waals surface area contributed by atoms with Crippen molar-refractivity contribution in [3.05, 3.63) is 23.9 Å². The molecular weight excluding hydrogens is 453 g/mol. The zero-order valence-electron chi connectivity index (χ0n) is 17.3. The smallest absolute Gasteiger partial charge is 0.191 e. The summed E-state index contributed by atoms with van der Waals surface area (Å²) < 4.78 is 5.34. The van der Waals surface area contributed by atoms with Crippen molar-refractivity contribution >= 4 is 35.8 Å². The van der Waals surface area contributed by atoms with Gasteiger partial charge in [-0.25, -0.2) is 9.98 Å². The SMILES string of the molecule is CCNC(=NCc1cccnc1N(C)C)NCC1(CCOC)CCCC1.I. The third-order valence-electron chi connectivity index (χ3n) is 5.17. The maximum atomic E-state index is 5.34. The predicted octanol–water partition coefficient (Wildman–Crippen LogP) is 3.42. The average molecular weight is 489 g/mol. The van der Waals surface area contributed by atoms with E-state index in [1.54, 1.807) is 7.11 Å². The van der Waals surface area contributed by atoms with Gasteiger partial charge in [0.15, 0.2) is 5.96 Å². The van der Waals surface area contributed by atoms with Crippen LogP contribution in [0.15, 0.2) is 23.3 Å². The number of hydrogen-bond acceptors (Lipinski definition) is 4. The van der Waals surface area contributed by atoms with Crippen molar-refractivity contribution in [2.75, 3.05) is 45.8 Å². The van der Waals surface area contributed by atoms with E-state index in [1.807, 2.05) is 31.3 Å². The van der Waals surface area contributed by atoms with Crippen LogP contribution in [-0.4, -0.2) is 51.8 Å². The van der Waals surface area contributed by atoms with Gasteiger partial charge in [-0.1, -0.05) is 18.9 Å². The highest BCUT2D eigenvalue weighted by molar-refractivity contribution is 14.0. The summed E-state index contributed by atoms with van der Waals surface area (Å²) in [6.07, 6.45) is 8.13. The van der Waals surface area contributed by atoms with Gasteiger partial charge in [0.05, 0.1) is 6.54 Å². The predicted molar refractivity (Wildman–Crippen MR) is 124 cm³/mol. The molecule has 1 aromatic rings. The minimum absolute atomic E-state index is 0. The van der Waals surface area contributed by atoms with Gasteiger partial charge in [-0.2, -0.15) is 0 Å². The van der Waals surface area contributed by atoms with E-state index in [2.05, 4.69) is 28.6 Å². The van der Waals surface area contributed by atoms with E-state index >= 15 is 0 Å². The number of anilines is 1. The second-order valence-corrected chi connectivity index (χ2v) is 7.38. The summed E-state index contributed by atoms with van der Waals surface area (Å²) in [5.41, 5.74) is 1.47. The summed E-state index contributed by atoms with van der Waals surface area (Å²) in [5, 5.41) is 6.95. The number of nitrogens with one attached hydrogen (secondary N) is 2. The Labute approximate surface area is 181 Å². The molecule has 0 bridgehead atoms. The highest BCUT2D eigenvalue weighted by atomic mass is 127. The third kappa shape index (κ3) is 7.44. The zero-order chi connectivity index (χ0) is 18.8. The van der Waals surface area contributed by atoms with E-state index in [4.69, 9.17) is 9.73 Å². The van der Waals surface area contributed by atoms with Crippen LogP contribution in [0.3, 0.4) is 0 Å². The van der Waals surface area contributed by atoms with Crippen LogP contribution in [0, 0.1) is 5.41 Å². The van der Waals surface area contributed by atoms with Crippen LogP contribution in [0.2, 0.25) is 0 Å². The summed E-state index contributed by atoms with van der Waals surface area (Å²) in [6, 6.07) is 4.06. The Bertz CT molecular complexity index is 573. The molecule has 0 spiro atoms. The number of pyridine rings is 1. The Balaban J connectivity index is 0.00000364. The molecule has 1 aliphatic rings. The minimum atomic E-state index is 0. The number of aliphatic imine (C=N–C) groups is 1. The highest BCUT2D eigenvalue weighted by Crippen LogP contribution is 2.40. The van der Waals surface area contributed by atoms with E-state index in [0.29, 0.717) is 12.0 Å². The first-order chi connectivity index (χ1) is 12.6. The van der Waals surface area contributed by atoms with Crippen molar-refractivity contribution in [3.63, 3.8) is 0 Å². The molecule has 7 heteroatoms. The highest BCUT2D eigenvalue weighted by Gasteiger charge is 2.33. The molecule has 27 heavy (non-hydrogen) atoms. The van der Waals surface area contributed by atoms with Gasteiger partial charge in [-0.15, -0.1) is 24.0 Å². The van der Waals surface area contributed by atoms with Crippen LogP contribution in [0.25, 0.3) is 0 Å². The van der Waals surface area contributed by atoms with Crippen molar-refractivity contribution in [1.82, 2.24) is 15.6 Å². The van der Waals surface area contributed by atoms with Gasteiger partial charge in [0.25, 0.3) is 0 Å². The number of ether oxygens (including phenoxy) is 1. The first kappa shape index (κ1) is 23.9. The minimum Gasteiger partial charge on any atom is -0.385 e. The Hall–Kier alpha value is -1.09. The fourth-order valence-corrected chi connectivity index (χ4v) is 3.69. The van der Waals surface area contributed by atoms with E-state index < -0.39 is 0 Å². The lowest BCUT2D eigenvalue weighted by Gasteiger charge is -2.30. The van der Waals surface area contributed by atoms with Crippen LogP contribution in [0.4, 0.5) is 5.82 Å². The first-order valence-electron chi connectivity index (χ1n) is 9.72. The summed E-state index contributed by atoms with van der Waals surface area (Å²) in [7, 11) is 5.81. The molecule has 154 valence electrons. The van der Waals surface area contributed by atoms with Crippen LogP contribution >= 0.6 is 24.0 Å². The van der Waals surface area contributed by atoms with Gasteiger partial charge in [-0.3, -0.25) is 0 Å². The Morgan fingerprint density at radius 3 is 2.67 bits per heavy atom. The molecule has 2 N–H and O–H groups in total. The lowest BCUT2D eigenvalue weighted by molar-refractivity contribution is 0.138. The van der Waals surface area contributed by atoms with E-state index in [9.17, 15) is 0 Å². The van der Waals surface area contributed by atoms with Gasteiger partial charge < -0.3 is 20.3 Å². The normalized spacial score (nSPS) is 15.9. The molecule has 2 rings (SSSR count). The number of methoxy groups -OCH3 is 1. The van der Waals surface area contributed by atoms with Crippen molar-refractivity contribution in [2.45, 2.75) is 45.6 Å². The van der Waals surface area contributed by atoms with Gasteiger partial charge in [-0.05, 0) is 37.7 Å². The van der Waals surface area contributed by atoms with Crippen LogP contribution in [0.5, 0.6) is 0 Å². The lowest BCUT2D eigenvalue weighted by atomic mass is 9.83. The lowest BCUT2D eigenvalue weighted by Crippen LogP contribution is -2.43. The molecule has 1 fully saturated rings. The fraction of sp³-hybridized carbons (Fsp3) is 0.700.